The Balaban J connectivity index is 1.76. The van der Waals surface area contributed by atoms with Crippen LogP contribution in [0.5, 0.6) is 5.75 Å². The fourth-order valence-electron chi connectivity index (χ4n) is 2.74. The van der Waals surface area contributed by atoms with Gasteiger partial charge >= 0.3 is 0 Å². The molecule has 1 amide bonds. The third kappa shape index (κ3) is 5.30. The van der Waals surface area contributed by atoms with Gasteiger partial charge in [0.05, 0.1) is 5.69 Å². The van der Waals surface area contributed by atoms with Crippen molar-refractivity contribution >= 4 is 23.5 Å². The number of amides is 1. The van der Waals surface area contributed by atoms with Gasteiger partial charge in [0.15, 0.2) is 0 Å². The van der Waals surface area contributed by atoms with E-state index in [0.717, 1.165) is 12.0 Å². The molecule has 28 heavy (non-hydrogen) atoms. The monoisotopic (exact) mass is 372 g/mol. The van der Waals surface area contributed by atoms with Gasteiger partial charge in [-0.15, -0.1) is 0 Å². The highest BCUT2D eigenvalue weighted by molar-refractivity contribution is 5.92. The summed E-state index contributed by atoms with van der Waals surface area (Å²) in [6.07, 6.45) is 2.44. The number of nitrogens with zero attached hydrogens (tertiary/aromatic N) is 1. The van der Waals surface area contributed by atoms with Gasteiger partial charge in [-0.05, 0) is 47.9 Å². The molecule has 0 aromatic heterocycles. The Bertz CT molecular complexity index is 979. The number of phenolic OH excluding ortho intramolecular Hbond substituents is 1. The smallest absolute Gasteiger partial charge is 0.226 e. The molecule has 3 rings (SSSR count). The molecule has 4 heteroatoms. The van der Waals surface area contributed by atoms with Crippen molar-refractivity contribution in [2.45, 2.75) is 20.3 Å². The summed E-state index contributed by atoms with van der Waals surface area (Å²) in [7, 11) is 0. The molecule has 0 saturated carbocycles. The van der Waals surface area contributed by atoms with Crippen LogP contribution in [-0.2, 0) is 11.2 Å². The van der Waals surface area contributed by atoms with Crippen LogP contribution in [0.15, 0.2) is 77.8 Å². The summed E-state index contributed by atoms with van der Waals surface area (Å²) < 4.78 is 0. The van der Waals surface area contributed by atoms with E-state index in [0.29, 0.717) is 16.9 Å². The third-order valence-electron chi connectivity index (χ3n) is 4.33. The predicted molar refractivity (Wildman–Crippen MR) is 115 cm³/mol. The van der Waals surface area contributed by atoms with Crippen LogP contribution in [0.25, 0.3) is 0 Å². The van der Waals surface area contributed by atoms with Crippen molar-refractivity contribution < 1.29 is 9.90 Å². The molecular formula is C24H24N2O2. The maximum atomic E-state index is 11.9. The lowest BCUT2D eigenvalue weighted by Gasteiger charge is -2.08. The summed E-state index contributed by atoms with van der Waals surface area (Å²) in [5, 5.41) is 13.0. The molecule has 0 atom stereocenters. The first kappa shape index (κ1) is 19.4. The number of hydrogen-bond acceptors (Lipinski definition) is 3. The van der Waals surface area contributed by atoms with Crippen LogP contribution in [0.4, 0.5) is 11.4 Å². The minimum absolute atomic E-state index is 0.0348. The lowest BCUT2D eigenvalue weighted by Crippen LogP contribution is -2.17. The third-order valence-corrected chi connectivity index (χ3v) is 4.33. The van der Waals surface area contributed by atoms with E-state index in [1.165, 1.54) is 5.56 Å². The standard InChI is InChI=1S/C24H24N2O2/c1-17(2)24(28)26-22-10-6-9-21(15-22)25-16-20-14-19(11-12-23(20)27)13-18-7-4-3-5-8-18/h3-12,14-17,27H,13H2,1-2H3,(H,26,28). The van der Waals surface area contributed by atoms with E-state index in [4.69, 9.17) is 0 Å². The second-order valence-corrected chi connectivity index (χ2v) is 7.01. The molecule has 0 unspecified atom stereocenters. The molecule has 3 aromatic rings. The van der Waals surface area contributed by atoms with Gasteiger partial charge < -0.3 is 10.4 Å². The summed E-state index contributed by atoms with van der Waals surface area (Å²) in [5.74, 6) is 0.0636. The predicted octanol–water partition coefficient (Wildman–Crippen LogP) is 5.33. The van der Waals surface area contributed by atoms with Crippen molar-refractivity contribution in [3.05, 3.63) is 89.5 Å². The molecule has 0 spiro atoms. The summed E-state index contributed by atoms with van der Waals surface area (Å²) in [6, 6.07) is 23.1. The van der Waals surface area contributed by atoms with E-state index >= 15 is 0 Å². The van der Waals surface area contributed by atoms with Crippen molar-refractivity contribution in [1.29, 1.82) is 0 Å². The molecule has 0 saturated heterocycles. The zero-order chi connectivity index (χ0) is 19.9. The number of aliphatic imine (C=N–C) groups is 1. The van der Waals surface area contributed by atoms with Gasteiger partial charge in [-0.1, -0.05) is 56.3 Å². The van der Waals surface area contributed by atoms with E-state index in [1.54, 1.807) is 12.3 Å². The van der Waals surface area contributed by atoms with Gasteiger partial charge in [0.1, 0.15) is 5.75 Å². The normalized spacial score (nSPS) is 11.1. The summed E-state index contributed by atoms with van der Waals surface area (Å²) in [6.45, 7) is 3.70. The SMILES string of the molecule is CC(C)C(=O)Nc1cccc(N=Cc2cc(Cc3ccccc3)ccc2O)c1. The Labute approximate surface area is 165 Å². The number of hydrogen-bond donors (Lipinski definition) is 2. The molecule has 0 fully saturated rings. The minimum atomic E-state index is -0.0866. The molecule has 0 radical (unpaired) electrons. The number of benzene rings is 3. The number of rotatable bonds is 6. The summed E-state index contributed by atoms with van der Waals surface area (Å²) in [5.41, 5.74) is 4.38. The van der Waals surface area contributed by atoms with Gasteiger partial charge in [0, 0.05) is 23.4 Å². The van der Waals surface area contributed by atoms with Crippen LogP contribution < -0.4 is 5.32 Å². The van der Waals surface area contributed by atoms with Crippen molar-refractivity contribution in [2.75, 3.05) is 5.32 Å². The number of aromatic hydroxyl groups is 1. The molecule has 0 heterocycles. The molecule has 0 aliphatic carbocycles. The second kappa shape index (κ2) is 9.00. The maximum Gasteiger partial charge on any atom is 0.226 e. The van der Waals surface area contributed by atoms with Gasteiger partial charge in [-0.3, -0.25) is 9.79 Å². The topological polar surface area (TPSA) is 61.7 Å². The Kier molecular flexibility index (Phi) is 6.22. The van der Waals surface area contributed by atoms with Gasteiger partial charge in [-0.2, -0.15) is 0 Å². The van der Waals surface area contributed by atoms with Gasteiger partial charge in [0.25, 0.3) is 0 Å². The lowest BCUT2D eigenvalue weighted by molar-refractivity contribution is -0.118. The quantitative estimate of drug-likeness (QED) is 0.575. The van der Waals surface area contributed by atoms with E-state index in [1.807, 2.05) is 68.4 Å². The first-order valence-electron chi connectivity index (χ1n) is 9.32. The van der Waals surface area contributed by atoms with E-state index in [9.17, 15) is 9.90 Å². The Morgan fingerprint density at radius 1 is 1.00 bits per heavy atom. The zero-order valence-corrected chi connectivity index (χ0v) is 16.1. The fraction of sp³-hybridized carbons (Fsp3) is 0.167. The van der Waals surface area contributed by atoms with E-state index < -0.39 is 0 Å². The molecule has 3 aromatic carbocycles. The lowest BCUT2D eigenvalue weighted by atomic mass is 10.0. The number of phenols is 1. The van der Waals surface area contributed by atoms with Crippen LogP contribution in [-0.4, -0.2) is 17.2 Å². The Morgan fingerprint density at radius 3 is 2.54 bits per heavy atom. The first-order valence-corrected chi connectivity index (χ1v) is 9.32. The molecule has 0 aliphatic rings. The number of carbonyl (C=O) groups is 1. The van der Waals surface area contributed by atoms with E-state index in [-0.39, 0.29) is 17.6 Å². The van der Waals surface area contributed by atoms with Crippen molar-refractivity contribution in [2.24, 2.45) is 10.9 Å². The van der Waals surface area contributed by atoms with Crippen LogP contribution >= 0.6 is 0 Å². The van der Waals surface area contributed by atoms with Gasteiger partial charge in [0.2, 0.25) is 5.91 Å². The highest BCUT2D eigenvalue weighted by Crippen LogP contribution is 2.22. The van der Waals surface area contributed by atoms with Crippen LogP contribution in [0.1, 0.15) is 30.5 Å². The highest BCUT2D eigenvalue weighted by Gasteiger charge is 2.07. The van der Waals surface area contributed by atoms with Crippen molar-refractivity contribution in [3.8, 4) is 5.75 Å². The molecule has 0 bridgehead atoms. The second-order valence-electron chi connectivity index (χ2n) is 7.01. The number of nitrogens with one attached hydrogen (secondary N) is 1. The minimum Gasteiger partial charge on any atom is -0.507 e. The average molecular weight is 372 g/mol. The van der Waals surface area contributed by atoms with Crippen molar-refractivity contribution in [1.82, 2.24) is 0 Å². The Hall–Kier alpha value is -3.40. The largest absolute Gasteiger partial charge is 0.507 e. The highest BCUT2D eigenvalue weighted by atomic mass is 16.3. The maximum absolute atomic E-state index is 11.9. The molecule has 0 aliphatic heterocycles. The first-order chi connectivity index (χ1) is 13.5. The van der Waals surface area contributed by atoms with Crippen LogP contribution in [0.3, 0.4) is 0 Å². The molecule has 2 N–H and O–H groups in total. The number of anilines is 1. The zero-order valence-electron chi connectivity index (χ0n) is 16.1. The summed E-state index contributed by atoms with van der Waals surface area (Å²) in [4.78, 5) is 16.3. The molecular weight excluding hydrogens is 348 g/mol. The van der Waals surface area contributed by atoms with Gasteiger partial charge in [-0.25, -0.2) is 0 Å². The van der Waals surface area contributed by atoms with Crippen LogP contribution in [0, 0.1) is 5.92 Å². The molecule has 142 valence electrons. The average Bonchev–Trinajstić information content (AvgIpc) is 2.69. The van der Waals surface area contributed by atoms with E-state index in [2.05, 4.69) is 22.4 Å². The summed E-state index contributed by atoms with van der Waals surface area (Å²) >= 11 is 0. The number of carbonyl (C=O) groups excluding carboxylic acids is 1. The molecule has 4 nitrogen and oxygen atoms in total. The Morgan fingerprint density at radius 2 is 1.79 bits per heavy atom. The van der Waals surface area contributed by atoms with Crippen molar-refractivity contribution in [3.63, 3.8) is 0 Å². The fourth-order valence-corrected chi connectivity index (χ4v) is 2.74. The van der Waals surface area contributed by atoms with Crippen LogP contribution in [0.2, 0.25) is 0 Å².